The maximum atomic E-state index is 12.1. The first-order valence-corrected chi connectivity index (χ1v) is 7.40. The number of nitrogens with one attached hydrogen (secondary N) is 1. The van der Waals surface area contributed by atoms with Gasteiger partial charge in [-0.3, -0.25) is 9.48 Å². The standard InChI is InChI=1S/C13H13ClN4OS/c1-17-10-2-5-20-12(10)6-11(17)13(19)15-3-4-18-8-9(14)7-16-18/h2,5-8H,3-4H2,1H3,(H,15,19). The Bertz CT molecular complexity index is 757. The summed E-state index contributed by atoms with van der Waals surface area (Å²) in [5, 5.41) is 9.57. The van der Waals surface area contributed by atoms with Crippen LogP contribution in [-0.2, 0) is 13.6 Å². The first kappa shape index (κ1) is 13.2. The third-order valence-corrected chi connectivity index (χ3v) is 4.17. The highest BCUT2D eigenvalue weighted by Crippen LogP contribution is 2.23. The van der Waals surface area contributed by atoms with Crippen LogP contribution in [0.25, 0.3) is 10.2 Å². The molecule has 3 aromatic rings. The quantitative estimate of drug-likeness (QED) is 0.805. The lowest BCUT2D eigenvalue weighted by molar-refractivity contribution is 0.0944. The number of amides is 1. The Labute approximate surface area is 124 Å². The molecular weight excluding hydrogens is 296 g/mol. The molecule has 0 unspecified atom stereocenters. The van der Waals surface area contributed by atoms with Crippen LogP contribution in [0.5, 0.6) is 0 Å². The van der Waals surface area contributed by atoms with Crippen molar-refractivity contribution in [1.29, 1.82) is 0 Å². The molecule has 0 saturated heterocycles. The van der Waals surface area contributed by atoms with Crippen molar-refractivity contribution in [1.82, 2.24) is 19.7 Å². The molecule has 0 spiro atoms. The van der Waals surface area contributed by atoms with Crippen LogP contribution in [0, 0.1) is 0 Å². The van der Waals surface area contributed by atoms with Crippen LogP contribution in [0.4, 0.5) is 0 Å². The zero-order valence-electron chi connectivity index (χ0n) is 10.8. The summed E-state index contributed by atoms with van der Waals surface area (Å²) < 4.78 is 4.73. The zero-order chi connectivity index (χ0) is 14.1. The van der Waals surface area contributed by atoms with Gasteiger partial charge in [0.15, 0.2) is 0 Å². The molecule has 20 heavy (non-hydrogen) atoms. The largest absolute Gasteiger partial charge is 0.349 e. The number of aromatic nitrogens is 3. The van der Waals surface area contributed by atoms with Crippen LogP contribution in [-0.4, -0.2) is 26.8 Å². The average molecular weight is 309 g/mol. The minimum Gasteiger partial charge on any atom is -0.349 e. The van der Waals surface area contributed by atoms with Crippen molar-refractivity contribution >= 4 is 39.1 Å². The van der Waals surface area contributed by atoms with Crippen LogP contribution < -0.4 is 5.32 Å². The molecule has 7 heteroatoms. The summed E-state index contributed by atoms with van der Waals surface area (Å²) >= 11 is 7.41. The molecule has 0 bridgehead atoms. The highest BCUT2D eigenvalue weighted by atomic mass is 35.5. The molecule has 0 radical (unpaired) electrons. The van der Waals surface area contributed by atoms with Crippen molar-refractivity contribution < 1.29 is 4.79 Å². The summed E-state index contributed by atoms with van der Waals surface area (Å²) in [6.45, 7) is 1.10. The van der Waals surface area contributed by atoms with E-state index in [4.69, 9.17) is 11.6 Å². The average Bonchev–Trinajstić information content (AvgIpc) is 3.09. The number of fused-ring (bicyclic) bond motifs is 1. The molecule has 0 atom stereocenters. The summed E-state index contributed by atoms with van der Waals surface area (Å²) in [4.78, 5) is 12.1. The molecule has 0 saturated carbocycles. The molecule has 3 heterocycles. The number of hydrogen-bond donors (Lipinski definition) is 1. The summed E-state index contributed by atoms with van der Waals surface area (Å²) in [6, 6.07) is 3.93. The lowest BCUT2D eigenvalue weighted by Crippen LogP contribution is -2.28. The number of hydrogen-bond acceptors (Lipinski definition) is 3. The van der Waals surface area contributed by atoms with E-state index in [1.165, 1.54) is 0 Å². The molecule has 3 aromatic heterocycles. The van der Waals surface area contributed by atoms with Crippen molar-refractivity contribution in [2.24, 2.45) is 7.05 Å². The Morgan fingerprint density at radius 2 is 2.40 bits per heavy atom. The Morgan fingerprint density at radius 3 is 3.10 bits per heavy atom. The van der Waals surface area contributed by atoms with E-state index in [1.807, 2.05) is 29.1 Å². The smallest absolute Gasteiger partial charge is 0.268 e. The van der Waals surface area contributed by atoms with Gasteiger partial charge in [-0.05, 0) is 17.5 Å². The Morgan fingerprint density at radius 1 is 1.55 bits per heavy atom. The van der Waals surface area contributed by atoms with Crippen molar-refractivity contribution in [2.75, 3.05) is 6.54 Å². The van der Waals surface area contributed by atoms with Crippen molar-refractivity contribution in [2.45, 2.75) is 6.54 Å². The van der Waals surface area contributed by atoms with E-state index in [2.05, 4.69) is 10.4 Å². The van der Waals surface area contributed by atoms with Crippen LogP contribution in [0.1, 0.15) is 10.5 Å². The minimum absolute atomic E-state index is 0.0749. The van der Waals surface area contributed by atoms with Gasteiger partial charge >= 0.3 is 0 Å². The molecular formula is C13H13ClN4OS. The summed E-state index contributed by atoms with van der Waals surface area (Å²) in [7, 11) is 1.90. The van der Waals surface area contributed by atoms with Gasteiger partial charge in [0.05, 0.1) is 28.0 Å². The fourth-order valence-electron chi connectivity index (χ4n) is 2.10. The summed E-state index contributed by atoms with van der Waals surface area (Å²) in [5.41, 5.74) is 1.75. The first-order chi connectivity index (χ1) is 9.65. The number of carbonyl (C=O) groups is 1. The van der Waals surface area contributed by atoms with Gasteiger partial charge in [0.25, 0.3) is 5.91 Å². The Balaban J connectivity index is 1.64. The molecule has 0 aromatic carbocycles. The predicted octanol–water partition coefficient (Wildman–Crippen LogP) is 2.52. The number of carbonyl (C=O) groups excluding carboxylic acids is 1. The molecule has 0 aliphatic heterocycles. The fraction of sp³-hybridized carbons (Fsp3) is 0.231. The second-order valence-corrected chi connectivity index (χ2v) is 5.82. The number of thiophene rings is 1. The van der Waals surface area contributed by atoms with Crippen LogP contribution >= 0.6 is 22.9 Å². The van der Waals surface area contributed by atoms with Gasteiger partial charge in [-0.2, -0.15) is 5.10 Å². The molecule has 0 fully saturated rings. The van der Waals surface area contributed by atoms with Crippen LogP contribution in [0.15, 0.2) is 29.9 Å². The van der Waals surface area contributed by atoms with E-state index in [1.54, 1.807) is 28.4 Å². The third kappa shape index (κ3) is 2.44. The normalized spacial score (nSPS) is 11.1. The predicted molar refractivity (Wildman–Crippen MR) is 80.4 cm³/mol. The molecule has 104 valence electrons. The maximum absolute atomic E-state index is 12.1. The number of aryl methyl sites for hydroxylation is 1. The Hall–Kier alpha value is -1.79. The van der Waals surface area contributed by atoms with E-state index < -0.39 is 0 Å². The molecule has 0 aliphatic rings. The van der Waals surface area contributed by atoms with Crippen molar-refractivity contribution in [3.8, 4) is 0 Å². The minimum atomic E-state index is -0.0749. The van der Waals surface area contributed by atoms with Gasteiger partial charge in [-0.1, -0.05) is 11.6 Å². The van der Waals surface area contributed by atoms with E-state index in [9.17, 15) is 4.79 Å². The van der Waals surface area contributed by atoms with Crippen molar-refractivity contribution in [3.05, 3.63) is 40.6 Å². The zero-order valence-corrected chi connectivity index (χ0v) is 12.4. The lowest BCUT2D eigenvalue weighted by atomic mass is 10.4. The molecule has 0 aliphatic carbocycles. The van der Waals surface area contributed by atoms with E-state index in [0.29, 0.717) is 23.8 Å². The molecule has 3 rings (SSSR count). The lowest BCUT2D eigenvalue weighted by Gasteiger charge is -2.06. The first-order valence-electron chi connectivity index (χ1n) is 6.14. The summed E-state index contributed by atoms with van der Waals surface area (Å²) in [6.07, 6.45) is 3.31. The van der Waals surface area contributed by atoms with Gasteiger partial charge < -0.3 is 9.88 Å². The van der Waals surface area contributed by atoms with Gasteiger partial charge in [0, 0.05) is 19.8 Å². The van der Waals surface area contributed by atoms with E-state index >= 15 is 0 Å². The second-order valence-electron chi connectivity index (χ2n) is 4.44. The monoisotopic (exact) mass is 308 g/mol. The van der Waals surface area contributed by atoms with Crippen LogP contribution in [0.2, 0.25) is 5.02 Å². The van der Waals surface area contributed by atoms with Gasteiger partial charge in [-0.25, -0.2) is 0 Å². The van der Waals surface area contributed by atoms with Crippen LogP contribution in [0.3, 0.4) is 0 Å². The van der Waals surface area contributed by atoms with E-state index in [-0.39, 0.29) is 5.91 Å². The molecule has 1 amide bonds. The second kappa shape index (κ2) is 5.30. The van der Waals surface area contributed by atoms with Crippen molar-refractivity contribution in [3.63, 3.8) is 0 Å². The van der Waals surface area contributed by atoms with Gasteiger partial charge in [0.2, 0.25) is 0 Å². The SMILES string of the molecule is Cn1c(C(=O)NCCn2cc(Cl)cn2)cc2sccc21. The summed E-state index contributed by atoms with van der Waals surface area (Å²) in [5.74, 6) is -0.0749. The Kier molecular flexibility index (Phi) is 3.50. The number of halogens is 1. The third-order valence-electron chi connectivity index (χ3n) is 3.12. The van der Waals surface area contributed by atoms with Gasteiger partial charge in [-0.15, -0.1) is 11.3 Å². The number of nitrogens with zero attached hydrogens (tertiary/aromatic N) is 3. The highest BCUT2D eigenvalue weighted by molar-refractivity contribution is 7.17. The number of rotatable bonds is 4. The fourth-order valence-corrected chi connectivity index (χ4v) is 3.11. The van der Waals surface area contributed by atoms with E-state index in [0.717, 1.165) is 10.2 Å². The maximum Gasteiger partial charge on any atom is 0.268 e. The van der Waals surface area contributed by atoms with Gasteiger partial charge in [0.1, 0.15) is 5.69 Å². The molecule has 1 N–H and O–H groups in total. The highest BCUT2D eigenvalue weighted by Gasteiger charge is 2.13. The topological polar surface area (TPSA) is 51.9 Å². The molecule has 5 nitrogen and oxygen atoms in total.